The summed E-state index contributed by atoms with van der Waals surface area (Å²) >= 11 is 0. The number of sulfonamides is 1. The first-order valence-electron chi connectivity index (χ1n) is 8.49. The van der Waals surface area contributed by atoms with Crippen LogP contribution in [0, 0.1) is 5.82 Å². The van der Waals surface area contributed by atoms with Crippen LogP contribution in [-0.2, 0) is 16.2 Å². The van der Waals surface area contributed by atoms with E-state index in [9.17, 15) is 26.0 Å². The Morgan fingerprint density at radius 2 is 1.67 bits per heavy atom. The van der Waals surface area contributed by atoms with E-state index in [1.54, 1.807) is 12.1 Å². The molecule has 0 aliphatic heterocycles. The zero-order chi connectivity index (χ0) is 21.5. The van der Waals surface area contributed by atoms with Gasteiger partial charge in [-0.15, -0.1) is 0 Å². The van der Waals surface area contributed by atoms with Crippen LogP contribution in [0.1, 0.15) is 5.56 Å². The molecule has 0 bridgehead atoms. The van der Waals surface area contributed by atoms with Crippen LogP contribution in [-0.4, -0.2) is 13.4 Å². The Morgan fingerprint density at radius 3 is 2.37 bits per heavy atom. The molecule has 0 atom stereocenters. The third-order valence-corrected chi connectivity index (χ3v) is 5.59. The smallest absolute Gasteiger partial charge is 0.419 e. The first-order valence-corrected chi connectivity index (χ1v) is 9.97. The largest absolute Gasteiger partial charge is 0.436 e. The molecule has 154 valence electrons. The summed E-state index contributed by atoms with van der Waals surface area (Å²) in [5.41, 5.74) is -0.123. The van der Waals surface area contributed by atoms with Crippen molar-refractivity contribution in [3.05, 3.63) is 78.1 Å². The van der Waals surface area contributed by atoms with Crippen molar-refractivity contribution >= 4 is 26.8 Å². The van der Waals surface area contributed by atoms with Crippen molar-refractivity contribution in [1.29, 1.82) is 0 Å². The van der Waals surface area contributed by atoms with E-state index in [-0.39, 0.29) is 11.8 Å². The third kappa shape index (κ3) is 3.86. The average Bonchev–Trinajstić information content (AvgIpc) is 3.11. The zero-order valence-electron chi connectivity index (χ0n) is 14.9. The minimum atomic E-state index is -5.02. The highest BCUT2D eigenvalue weighted by Gasteiger charge is 2.35. The van der Waals surface area contributed by atoms with Crippen LogP contribution in [0.4, 0.5) is 23.2 Å². The standard InChI is InChI=1S/C20H12F4N2O3S/c21-16-8-7-14(11-15(16)20(22,23)24)30(27,28)26-13-6-9-18-17(10-13)25-19(29-18)12-4-2-1-3-5-12/h1-11,26H. The van der Waals surface area contributed by atoms with Crippen molar-refractivity contribution in [1.82, 2.24) is 4.98 Å². The molecule has 0 spiro atoms. The van der Waals surface area contributed by atoms with Gasteiger partial charge < -0.3 is 4.42 Å². The maximum absolute atomic E-state index is 13.4. The lowest BCUT2D eigenvalue weighted by atomic mass is 10.2. The Kier molecular flexibility index (Phi) is 4.73. The Balaban J connectivity index is 1.66. The predicted octanol–water partition coefficient (Wildman–Crippen LogP) is 5.45. The Labute approximate surface area is 168 Å². The first-order chi connectivity index (χ1) is 14.1. The molecule has 0 aliphatic rings. The van der Waals surface area contributed by atoms with Crippen LogP contribution < -0.4 is 4.72 Å². The summed E-state index contributed by atoms with van der Waals surface area (Å²) in [7, 11) is -4.40. The van der Waals surface area contributed by atoms with Gasteiger partial charge in [-0.05, 0) is 48.5 Å². The zero-order valence-corrected chi connectivity index (χ0v) is 15.8. The molecule has 1 heterocycles. The normalized spacial score (nSPS) is 12.3. The quantitative estimate of drug-likeness (QED) is 0.432. The molecule has 4 aromatic rings. The van der Waals surface area contributed by atoms with Gasteiger partial charge >= 0.3 is 6.18 Å². The Bertz CT molecular complexity index is 1330. The average molecular weight is 436 g/mol. The van der Waals surface area contributed by atoms with E-state index in [0.717, 1.165) is 11.6 Å². The van der Waals surface area contributed by atoms with E-state index in [4.69, 9.17) is 4.42 Å². The summed E-state index contributed by atoms with van der Waals surface area (Å²) in [5.74, 6) is -1.22. The summed E-state index contributed by atoms with van der Waals surface area (Å²) < 4.78 is 84.9. The number of hydrogen-bond donors (Lipinski definition) is 1. The maximum atomic E-state index is 13.4. The van der Waals surface area contributed by atoms with Crippen molar-refractivity contribution in [3.8, 4) is 11.5 Å². The molecule has 3 aromatic carbocycles. The molecule has 0 saturated carbocycles. The number of fused-ring (bicyclic) bond motifs is 1. The van der Waals surface area contributed by atoms with Crippen LogP contribution in [0.25, 0.3) is 22.6 Å². The Hall–Kier alpha value is -3.40. The SMILES string of the molecule is O=S(=O)(Nc1ccc2oc(-c3ccccc3)nc2c1)c1ccc(F)c(C(F)(F)F)c1. The highest BCUT2D eigenvalue weighted by molar-refractivity contribution is 7.92. The van der Waals surface area contributed by atoms with Gasteiger partial charge in [0.15, 0.2) is 5.58 Å². The summed E-state index contributed by atoms with van der Waals surface area (Å²) in [6.07, 6.45) is -5.02. The summed E-state index contributed by atoms with van der Waals surface area (Å²) in [4.78, 5) is 3.58. The number of alkyl halides is 3. The Morgan fingerprint density at radius 1 is 0.933 bits per heavy atom. The third-order valence-electron chi connectivity index (χ3n) is 4.21. The van der Waals surface area contributed by atoms with Crippen LogP contribution >= 0.6 is 0 Å². The monoisotopic (exact) mass is 436 g/mol. The van der Waals surface area contributed by atoms with Gasteiger partial charge in [0.2, 0.25) is 5.89 Å². The lowest BCUT2D eigenvalue weighted by Crippen LogP contribution is -2.15. The molecule has 10 heteroatoms. The highest BCUT2D eigenvalue weighted by Crippen LogP contribution is 2.33. The second-order valence-electron chi connectivity index (χ2n) is 6.31. The fourth-order valence-electron chi connectivity index (χ4n) is 2.80. The van der Waals surface area contributed by atoms with E-state index in [0.29, 0.717) is 23.1 Å². The second-order valence-corrected chi connectivity index (χ2v) is 7.99. The lowest BCUT2D eigenvalue weighted by Gasteiger charge is -2.12. The predicted molar refractivity (Wildman–Crippen MR) is 102 cm³/mol. The molecular weight excluding hydrogens is 424 g/mol. The molecule has 0 aliphatic carbocycles. The molecule has 4 rings (SSSR count). The number of nitrogens with zero attached hydrogens (tertiary/aromatic N) is 1. The lowest BCUT2D eigenvalue weighted by molar-refractivity contribution is -0.140. The molecule has 1 N–H and O–H groups in total. The fourth-order valence-corrected chi connectivity index (χ4v) is 3.87. The first kappa shape index (κ1) is 19.9. The highest BCUT2D eigenvalue weighted by atomic mass is 32.2. The van der Waals surface area contributed by atoms with Gasteiger partial charge in [0.05, 0.1) is 16.1 Å². The number of hydrogen-bond acceptors (Lipinski definition) is 4. The van der Waals surface area contributed by atoms with E-state index in [2.05, 4.69) is 9.71 Å². The number of oxazole rings is 1. The van der Waals surface area contributed by atoms with E-state index in [1.165, 1.54) is 18.2 Å². The summed E-state index contributed by atoms with van der Waals surface area (Å²) in [6, 6.07) is 14.8. The maximum Gasteiger partial charge on any atom is 0.419 e. The van der Waals surface area contributed by atoms with Crippen molar-refractivity contribution in [3.63, 3.8) is 0 Å². The number of halogens is 4. The summed E-state index contributed by atoms with van der Waals surface area (Å²) in [5, 5.41) is 0. The van der Waals surface area contributed by atoms with E-state index >= 15 is 0 Å². The molecule has 30 heavy (non-hydrogen) atoms. The molecular formula is C20H12F4N2O3S. The van der Waals surface area contributed by atoms with Crippen molar-refractivity contribution in [2.24, 2.45) is 0 Å². The molecule has 0 unspecified atom stereocenters. The van der Waals surface area contributed by atoms with Crippen LogP contribution in [0.3, 0.4) is 0 Å². The number of anilines is 1. The number of benzene rings is 3. The van der Waals surface area contributed by atoms with Crippen molar-refractivity contribution < 1.29 is 30.4 Å². The fraction of sp³-hybridized carbons (Fsp3) is 0.0500. The second kappa shape index (κ2) is 7.13. The number of aromatic nitrogens is 1. The van der Waals surface area contributed by atoms with Gasteiger partial charge in [0.1, 0.15) is 11.3 Å². The van der Waals surface area contributed by atoms with Crippen LogP contribution in [0.5, 0.6) is 0 Å². The van der Waals surface area contributed by atoms with Gasteiger partial charge in [-0.1, -0.05) is 18.2 Å². The molecule has 5 nitrogen and oxygen atoms in total. The molecule has 0 radical (unpaired) electrons. The molecule has 0 amide bonds. The van der Waals surface area contributed by atoms with Crippen molar-refractivity contribution in [2.45, 2.75) is 11.1 Å². The van der Waals surface area contributed by atoms with E-state index < -0.39 is 32.5 Å². The van der Waals surface area contributed by atoms with Gasteiger partial charge in [0.25, 0.3) is 10.0 Å². The van der Waals surface area contributed by atoms with Crippen molar-refractivity contribution in [2.75, 3.05) is 4.72 Å². The van der Waals surface area contributed by atoms with E-state index in [1.807, 2.05) is 18.2 Å². The van der Waals surface area contributed by atoms with Gasteiger partial charge in [0, 0.05) is 5.56 Å². The minimum absolute atomic E-state index is 0.0632. The summed E-state index contributed by atoms with van der Waals surface area (Å²) in [6.45, 7) is 0. The van der Waals surface area contributed by atoms with Gasteiger partial charge in [-0.25, -0.2) is 17.8 Å². The van der Waals surface area contributed by atoms with Crippen LogP contribution in [0.15, 0.2) is 76.0 Å². The van der Waals surface area contributed by atoms with Gasteiger partial charge in [-0.3, -0.25) is 4.72 Å². The van der Waals surface area contributed by atoms with Crippen LogP contribution in [0.2, 0.25) is 0 Å². The molecule has 1 aromatic heterocycles. The number of nitrogens with one attached hydrogen (secondary N) is 1. The minimum Gasteiger partial charge on any atom is -0.436 e. The molecule has 0 saturated heterocycles. The van der Waals surface area contributed by atoms with Gasteiger partial charge in [-0.2, -0.15) is 13.2 Å². The number of rotatable bonds is 4. The topological polar surface area (TPSA) is 72.2 Å². The molecule has 0 fully saturated rings.